The van der Waals surface area contributed by atoms with Crippen molar-refractivity contribution in [1.29, 1.82) is 0 Å². The number of hydrogen-bond acceptors (Lipinski definition) is 2. The molecule has 0 radical (unpaired) electrons. The standard InChI is InChI=1S/C10H18N2/c1-7(2)9-10(3,4)6-8(11-5)12-9/h6-7,9,12H,5H2,1-4H3/t9-/m1/s1. The highest BCUT2D eigenvalue weighted by atomic mass is 15.1. The van der Waals surface area contributed by atoms with Crippen LogP contribution in [0.1, 0.15) is 27.7 Å². The van der Waals surface area contributed by atoms with Crippen LogP contribution in [0.2, 0.25) is 0 Å². The summed E-state index contributed by atoms with van der Waals surface area (Å²) in [6, 6.07) is 0.484. The fourth-order valence-electron chi connectivity index (χ4n) is 1.95. The molecule has 0 aliphatic carbocycles. The van der Waals surface area contributed by atoms with Crippen molar-refractivity contribution in [3.05, 3.63) is 11.9 Å². The quantitative estimate of drug-likeness (QED) is 0.625. The molecule has 0 aromatic heterocycles. The van der Waals surface area contributed by atoms with Gasteiger partial charge in [-0.1, -0.05) is 27.7 Å². The topological polar surface area (TPSA) is 24.4 Å². The third-order valence-electron chi connectivity index (χ3n) is 2.45. The molecule has 0 fully saturated rings. The van der Waals surface area contributed by atoms with Gasteiger partial charge >= 0.3 is 0 Å². The predicted molar refractivity (Wildman–Crippen MR) is 53.2 cm³/mol. The van der Waals surface area contributed by atoms with E-state index in [1.165, 1.54) is 0 Å². The van der Waals surface area contributed by atoms with Gasteiger partial charge < -0.3 is 5.32 Å². The van der Waals surface area contributed by atoms with Crippen LogP contribution in [0.5, 0.6) is 0 Å². The van der Waals surface area contributed by atoms with E-state index in [9.17, 15) is 0 Å². The van der Waals surface area contributed by atoms with Crippen molar-refractivity contribution in [2.24, 2.45) is 16.3 Å². The number of hydrogen-bond donors (Lipinski definition) is 1. The van der Waals surface area contributed by atoms with Crippen molar-refractivity contribution in [1.82, 2.24) is 5.32 Å². The van der Waals surface area contributed by atoms with E-state index in [0.717, 1.165) is 5.82 Å². The third kappa shape index (κ3) is 1.52. The molecule has 1 heterocycles. The Morgan fingerprint density at radius 1 is 1.58 bits per heavy atom. The van der Waals surface area contributed by atoms with E-state index in [0.29, 0.717) is 12.0 Å². The molecule has 0 bridgehead atoms. The molecule has 1 atom stereocenters. The molecule has 2 nitrogen and oxygen atoms in total. The van der Waals surface area contributed by atoms with Crippen LogP contribution in [0.25, 0.3) is 0 Å². The molecule has 0 amide bonds. The molecule has 1 rings (SSSR count). The Morgan fingerprint density at radius 2 is 2.17 bits per heavy atom. The number of rotatable bonds is 2. The average Bonchev–Trinajstić information content (AvgIpc) is 2.25. The first kappa shape index (κ1) is 9.30. The fourth-order valence-corrected chi connectivity index (χ4v) is 1.95. The summed E-state index contributed by atoms with van der Waals surface area (Å²) >= 11 is 0. The molecule has 0 unspecified atom stereocenters. The van der Waals surface area contributed by atoms with Crippen LogP contribution in [0.15, 0.2) is 16.9 Å². The van der Waals surface area contributed by atoms with Gasteiger partial charge in [0.05, 0.1) is 0 Å². The average molecular weight is 166 g/mol. The van der Waals surface area contributed by atoms with Crippen LogP contribution in [-0.4, -0.2) is 12.8 Å². The van der Waals surface area contributed by atoms with Gasteiger partial charge in [-0.3, -0.25) is 0 Å². The molecule has 0 aromatic carbocycles. The van der Waals surface area contributed by atoms with Crippen molar-refractivity contribution in [2.75, 3.05) is 0 Å². The summed E-state index contributed by atoms with van der Waals surface area (Å²) in [6.45, 7) is 12.4. The van der Waals surface area contributed by atoms with E-state index in [-0.39, 0.29) is 5.41 Å². The van der Waals surface area contributed by atoms with Crippen molar-refractivity contribution in [3.63, 3.8) is 0 Å². The Hall–Kier alpha value is -0.790. The number of nitrogens with zero attached hydrogens (tertiary/aromatic N) is 1. The van der Waals surface area contributed by atoms with E-state index in [1.807, 2.05) is 0 Å². The minimum atomic E-state index is 0.199. The van der Waals surface area contributed by atoms with E-state index in [4.69, 9.17) is 0 Å². The van der Waals surface area contributed by atoms with Crippen LogP contribution >= 0.6 is 0 Å². The second kappa shape index (κ2) is 2.92. The second-order valence-corrected chi connectivity index (χ2v) is 4.38. The largest absolute Gasteiger partial charge is 0.366 e. The monoisotopic (exact) mass is 166 g/mol. The Kier molecular flexibility index (Phi) is 2.27. The first-order valence-electron chi connectivity index (χ1n) is 4.43. The van der Waals surface area contributed by atoms with Crippen LogP contribution in [-0.2, 0) is 0 Å². The maximum Gasteiger partial charge on any atom is 0.121 e. The minimum Gasteiger partial charge on any atom is -0.366 e. The zero-order valence-electron chi connectivity index (χ0n) is 8.39. The van der Waals surface area contributed by atoms with Crippen LogP contribution < -0.4 is 5.32 Å². The summed E-state index contributed by atoms with van der Waals surface area (Å²) in [5.41, 5.74) is 0.199. The van der Waals surface area contributed by atoms with Gasteiger partial charge in [0.15, 0.2) is 0 Å². The molecule has 1 aliphatic rings. The van der Waals surface area contributed by atoms with Crippen LogP contribution in [0.4, 0.5) is 0 Å². The summed E-state index contributed by atoms with van der Waals surface area (Å²) in [7, 11) is 0. The number of aliphatic imine (C=N–C) groups is 1. The van der Waals surface area contributed by atoms with Gasteiger partial charge in [0.1, 0.15) is 5.82 Å². The van der Waals surface area contributed by atoms with Crippen molar-refractivity contribution >= 4 is 6.72 Å². The molecule has 68 valence electrons. The summed E-state index contributed by atoms with van der Waals surface area (Å²) < 4.78 is 0. The zero-order valence-corrected chi connectivity index (χ0v) is 8.39. The highest BCUT2D eigenvalue weighted by Crippen LogP contribution is 2.34. The summed E-state index contributed by atoms with van der Waals surface area (Å²) in [5.74, 6) is 1.55. The lowest BCUT2D eigenvalue weighted by Gasteiger charge is -2.29. The first-order chi connectivity index (χ1) is 5.47. The lowest BCUT2D eigenvalue weighted by molar-refractivity contribution is 0.287. The Bertz CT molecular complexity index is 214. The molecule has 0 spiro atoms. The van der Waals surface area contributed by atoms with E-state index < -0.39 is 0 Å². The summed E-state index contributed by atoms with van der Waals surface area (Å²) in [6.07, 6.45) is 2.16. The SMILES string of the molecule is C=NC1=CC(C)(C)[C@@H](C(C)C)N1. The predicted octanol–water partition coefficient (Wildman–Crippen LogP) is 2.18. The smallest absolute Gasteiger partial charge is 0.121 e. The molecular weight excluding hydrogens is 148 g/mol. The summed E-state index contributed by atoms with van der Waals surface area (Å²) in [5, 5.41) is 3.36. The maximum absolute atomic E-state index is 3.92. The molecule has 0 saturated carbocycles. The van der Waals surface area contributed by atoms with E-state index in [2.05, 4.69) is 50.8 Å². The normalized spacial score (nSPS) is 26.8. The molecular formula is C10H18N2. The third-order valence-corrected chi connectivity index (χ3v) is 2.45. The molecule has 0 saturated heterocycles. The molecule has 12 heavy (non-hydrogen) atoms. The van der Waals surface area contributed by atoms with Crippen molar-refractivity contribution in [2.45, 2.75) is 33.7 Å². The van der Waals surface area contributed by atoms with Gasteiger partial charge in [-0.05, 0) is 18.7 Å². The molecule has 2 heteroatoms. The second-order valence-electron chi connectivity index (χ2n) is 4.38. The highest BCUT2D eigenvalue weighted by Gasteiger charge is 2.35. The van der Waals surface area contributed by atoms with Crippen molar-refractivity contribution in [3.8, 4) is 0 Å². The van der Waals surface area contributed by atoms with Crippen molar-refractivity contribution < 1.29 is 0 Å². The molecule has 0 aromatic rings. The van der Waals surface area contributed by atoms with E-state index in [1.54, 1.807) is 0 Å². The zero-order chi connectivity index (χ0) is 9.35. The Morgan fingerprint density at radius 3 is 2.42 bits per heavy atom. The Balaban J connectivity index is 2.81. The lowest BCUT2D eigenvalue weighted by Crippen LogP contribution is -2.38. The van der Waals surface area contributed by atoms with Gasteiger partial charge in [0.2, 0.25) is 0 Å². The van der Waals surface area contributed by atoms with Gasteiger partial charge in [-0.25, -0.2) is 4.99 Å². The number of nitrogens with one attached hydrogen (secondary N) is 1. The van der Waals surface area contributed by atoms with E-state index >= 15 is 0 Å². The lowest BCUT2D eigenvalue weighted by atomic mass is 9.81. The van der Waals surface area contributed by atoms with Gasteiger partial charge in [0, 0.05) is 11.5 Å². The molecule has 1 N–H and O–H groups in total. The minimum absolute atomic E-state index is 0.199. The Labute approximate surface area is 74.8 Å². The van der Waals surface area contributed by atoms with Gasteiger partial charge in [-0.2, -0.15) is 0 Å². The summed E-state index contributed by atoms with van der Waals surface area (Å²) in [4.78, 5) is 3.92. The van der Waals surface area contributed by atoms with Gasteiger partial charge in [-0.15, -0.1) is 0 Å². The molecule has 1 aliphatic heterocycles. The fraction of sp³-hybridized carbons (Fsp3) is 0.700. The first-order valence-corrected chi connectivity index (χ1v) is 4.43. The van der Waals surface area contributed by atoms with Gasteiger partial charge in [0.25, 0.3) is 0 Å². The van der Waals surface area contributed by atoms with Crippen LogP contribution in [0.3, 0.4) is 0 Å². The maximum atomic E-state index is 3.92. The highest BCUT2D eigenvalue weighted by molar-refractivity contribution is 5.31. The van der Waals surface area contributed by atoms with Crippen LogP contribution in [0, 0.1) is 11.3 Å².